The van der Waals surface area contributed by atoms with Gasteiger partial charge in [0.25, 0.3) is 5.91 Å². The van der Waals surface area contributed by atoms with Crippen molar-refractivity contribution in [2.24, 2.45) is 7.05 Å². The van der Waals surface area contributed by atoms with Crippen molar-refractivity contribution in [2.45, 2.75) is 6.42 Å². The van der Waals surface area contributed by atoms with E-state index in [-0.39, 0.29) is 5.91 Å². The van der Waals surface area contributed by atoms with Crippen molar-refractivity contribution >= 4 is 22.5 Å². The number of carbonyl (C=O) groups excluding carboxylic acids is 1. The van der Waals surface area contributed by atoms with Gasteiger partial charge in [0.05, 0.1) is 6.20 Å². The van der Waals surface area contributed by atoms with Crippen LogP contribution < -0.4 is 10.6 Å². The van der Waals surface area contributed by atoms with Gasteiger partial charge in [-0.15, -0.1) is 0 Å². The number of hydrogen-bond donors (Lipinski definition) is 2. The Kier molecular flexibility index (Phi) is 5.33. The number of rotatable bonds is 4. The number of amides is 1. The van der Waals surface area contributed by atoms with Crippen LogP contribution in [0.15, 0.2) is 77.9 Å². The minimum absolute atomic E-state index is 0.139. The molecule has 1 aromatic carbocycles. The maximum absolute atomic E-state index is 13.0. The van der Waals surface area contributed by atoms with Crippen LogP contribution in [-0.2, 0) is 11.8 Å². The molecule has 7 nitrogen and oxygen atoms in total. The number of nitrogens with zero attached hydrogens (tertiary/aromatic N) is 4. The number of pyridine rings is 1. The monoisotopic (exact) mass is 426 g/mol. The van der Waals surface area contributed by atoms with E-state index in [4.69, 9.17) is 0 Å². The molecule has 2 N–H and O–H groups in total. The Morgan fingerprint density at radius 2 is 2.00 bits per heavy atom. The van der Waals surface area contributed by atoms with E-state index in [1.165, 1.54) is 5.57 Å². The molecule has 0 unspecified atom stereocenters. The number of hydrogen-bond acceptors (Lipinski definition) is 5. The molecule has 0 bridgehead atoms. The molecule has 2 aliphatic rings. The average Bonchev–Trinajstić information content (AvgIpc) is 3.25. The highest BCUT2D eigenvalue weighted by Gasteiger charge is 2.19. The molecule has 0 radical (unpaired) electrons. The molecule has 0 aliphatic carbocycles. The van der Waals surface area contributed by atoms with Gasteiger partial charge in [-0.05, 0) is 47.7 Å². The fraction of sp³-hybridized carbons (Fsp3) is 0.240. The van der Waals surface area contributed by atoms with Crippen LogP contribution in [0, 0.1) is 0 Å². The van der Waals surface area contributed by atoms with Crippen molar-refractivity contribution in [1.29, 1.82) is 0 Å². The maximum atomic E-state index is 13.0. The fourth-order valence-corrected chi connectivity index (χ4v) is 4.15. The summed E-state index contributed by atoms with van der Waals surface area (Å²) >= 11 is 0. The standard InChI is InChI=1S/C25H26N6O/c1-30-10-7-19(12-23(30)17-5-8-26-9-6-17)25(32)29-24-13-21-11-18(3-4-20(21)14-27-24)22-15-28-31(2)16-22/h3-5,7,11-16,26H,6,8-10H2,1-2H3,(H,27,29,32). The van der Waals surface area contributed by atoms with Crippen LogP contribution in [0.3, 0.4) is 0 Å². The summed E-state index contributed by atoms with van der Waals surface area (Å²) in [4.78, 5) is 19.6. The van der Waals surface area contributed by atoms with Crippen LogP contribution in [0.4, 0.5) is 5.82 Å². The molecule has 5 rings (SSSR count). The SMILES string of the molecule is CN1CC=C(C(=O)Nc2cc3cc(-c4cnn(C)c4)ccc3cn2)C=C1C1=CCNCC1. The molecule has 0 fully saturated rings. The van der Waals surface area contributed by atoms with Gasteiger partial charge in [-0.25, -0.2) is 4.98 Å². The highest BCUT2D eigenvalue weighted by molar-refractivity contribution is 6.06. The summed E-state index contributed by atoms with van der Waals surface area (Å²) in [6, 6.07) is 8.12. The summed E-state index contributed by atoms with van der Waals surface area (Å²) < 4.78 is 1.79. The summed E-state index contributed by atoms with van der Waals surface area (Å²) in [6.07, 6.45) is 12.7. The fourth-order valence-electron chi connectivity index (χ4n) is 4.15. The third kappa shape index (κ3) is 4.07. The Morgan fingerprint density at radius 1 is 1.09 bits per heavy atom. The summed E-state index contributed by atoms with van der Waals surface area (Å²) in [6.45, 7) is 2.54. The average molecular weight is 427 g/mol. The lowest BCUT2D eigenvalue weighted by atomic mass is 9.99. The molecular formula is C25H26N6O. The quantitative estimate of drug-likeness (QED) is 0.670. The number of aryl methyl sites for hydroxylation is 1. The van der Waals surface area contributed by atoms with Crippen LogP contribution in [0.2, 0.25) is 0 Å². The number of anilines is 1. The molecule has 3 aromatic rings. The van der Waals surface area contributed by atoms with Crippen LogP contribution in [0.1, 0.15) is 6.42 Å². The molecule has 0 saturated carbocycles. The lowest BCUT2D eigenvalue weighted by molar-refractivity contribution is -0.112. The minimum atomic E-state index is -0.139. The van der Waals surface area contributed by atoms with Crippen molar-refractivity contribution < 1.29 is 4.79 Å². The maximum Gasteiger partial charge on any atom is 0.256 e. The number of aromatic nitrogens is 3. The first-order valence-electron chi connectivity index (χ1n) is 10.8. The van der Waals surface area contributed by atoms with Gasteiger partial charge < -0.3 is 15.5 Å². The minimum Gasteiger partial charge on any atom is -0.371 e. The summed E-state index contributed by atoms with van der Waals surface area (Å²) in [5.41, 5.74) is 5.21. The summed E-state index contributed by atoms with van der Waals surface area (Å²) in [7, 11) is 3.96. The van der Waals surface area contributed by atoms with Gasteiger partial charge in [0.15, 0.2) is 0 Å². The van der Waals surface area contributed by atoms with Gasteiger partial charge in [0.2, 0.25) is 0 Å². The zero-order valence-electron chi connectivity index (χ0n) is 18.3. The normalized spacial score (nSPS) is 16.4. The number of nitrogens with one attached hydrogen (secondary N) is 2. The van der Waals surface area contributed by atoms with Gasteiger partial charge in [-0.2, -0.15) is 5.10 Å². The van der Waals surface area contributed by atoms with E-state index in [2.05, 4.69) is 50.9 Å². The van der Waals surface area contributed by atoms with Gasteiger partial charge in [0, 0.05) is 61.8 Å². The van der Waals surface area contributed by atoms with Crippen molar-refractivity contribution in [3.8, 4) is 11.1 Å². The Balaban J connectivity index is 1.38. The van der Waals surface area contributed by atoms with Crippen LogP contribution in [0.5, 0.6) is 0 Å². The Morgan fingerprint density at radius 3 is 2.78 bits per heavy atom. The zero-order valence-corrected chi connectivity index (χ0v) is 18.3. The van der Waals surface area contributed by atoms with Crippen LogP contribution >= 0.6 is 0 Å². The molecule has 162 valence electrons. The molecule has 1 amide bonds. The number of benzene rings is 1. The van der Waals surface area contributed by atoms with E-state index in [0.717, 1.165) is 47.1 Å². The molecular weight excluding hydrogens is 400 g/mol. The third-order valence-corrected chi connectivity index (χ3v) is 5.95. The number of fused-ring (bicyclic) bond motifs is 1. The second-order valence-electron chi connectivity index (χ2n) is 8.24. The Hall–Kier alpha value is -3.71. The summed E-state index contributed by atoms with van der Waals surface area (Å²) in [5, 5.41) is 12.6. The molecule has 4 heterocycles. The highest BCUT2D eigenvalue weighted by atomic mass is 16.1. The predicted octanol–water partition coefficient (Wildman–Crippen LogP) is 3.25. The molecule has 2 aromatic heterocycles. The van der Waals surface area contributed by atoms with Gasteiger partial charge in [0.1, 0.15) is 5.82 Å². The van der Waals surface area contributed by atoms with E-state index in [9.17, 15) is 4.79 Å². The third-order valence-electron chi connectivity index (χ3n) is 5.95. The van der Waals surface area contributed by atoms with Gasteiger partial charge >= 0.3 is 0 Å². The van der Waals surface area contributed by atoms with E-state index in [0.29, 0.717) is 17.9 Å². The molecule has 32 heavy (non-hydrogen) atoms. The summed E-state index contributed by atoms with van der Waals surface area (Å²) in [5.74, 6) is 0.405. The van der Waals surface area contributed by atoms with Crippen LogP contribution in [-0.4, -0.2) is 52.3 Å². The number of allylic oxidation sites excluding steroid dienone is 1. The lowest BCUT2D eigenvalue weighted by Gasteiger charge is -2.29. The number of likely N-dealkylation sites (N-methyl/N-ethyl adjacent to an activating group) is 1. The van der Waals surface area contributed by atoms with Gasteiger partial charge in [-0.3, -0.25) is 9.48 Å². The molecule has 7 heteroatoms. The first-order valence-corrected chi connectivity index (χ1v) is 10.8. The second kappa shape index (κ2) is 8.43. The molecule has 0 spiro atoms. The van der Waals surface area contributed by atoms with E-state index in [1.54, 1.807) is 10.9 Å². The van der Waals surface area contributed by atoms with Crippen molar-refractivity contribution in [2.75, 3.05) is 32.0 Å². The molecule has 2 aliphatic heterocycles. The van der Waals surface area contributed by atoms with Crippen molar-refractivity contribution in [1.82, 2.24) is 25.0 Å². The number of carbonyl (C=O) groups is 1. The topological polar surface area (TPSA) is 75.1 Å². The molecule has 0 saturated heterocycles. The van der Waals surface area contributed by atoms with Crippen LogP contribution in [0.25, 0.3) is 21.9 Å². The Bertz CT molecular complexity index is 1280. The first kappa shape index (κ1) is 20.2. The van der Waals surface area contributed by atoms with E-state index >= 15 is 0 Å². The molecule has 0 atom stereocenters. The van der Waals surface area contributed by atoms with E-state index in [1.807, 2.05) is 43.7 Å². The smallest absolute Gasteiger partial charge is 0.256 e. The first-order chi connectivity index (χ1) is 15.6. The Labute approximate surface area is 187 Å². The van der Waals surface area contributed by atoms with Crippen molar-refractivity contribution in [3.63, 3.8) is 0 Å². The van der Waals surface area contributed by atoms with Gasteiger partial charge in [-0.1, -0.05) is 24.3 Å². The predicted molar refractivity (Wildman–Crippen MR) is 127 cm³/mol. The van der Waals surface area contributed by atoms with E-state index < -0.39 is 0 Å². The lowest BCUT2D eigenvalue weighted by Crippen LogP contribution is -2.29. The zero-order chi connectivity index (χ0) is 22.1. The highest BCUT2D eigenvalue weighted by Crippen LogP contribution is 2.27. The van der Waals surface area contributed by atoms with Crippen molar-refractivity contribution in [3.05, 3.63) is 77.9 Å². The second-order valence-corrected chi connectivity index (χ2v) is 8.24. The largest absolute Gasteiger partial charge is 0.371 e.